The summed E-state index contributed by atoms with van der Waals surface area (Å²) in [4.78, 5) is 4.80. The molecule has 81 heavy (non-hydrogen) atoms. The fourth-order valence-corrected chi connectivity index (χ4v) is 12.5. The number of hydrogen-bond donors (Lipinski definition) is 0. The van der Waals surface area contributed by atoms with Crippen molar-refractivity contribution < 1.29 is 13.6 Å². The van der Waals surface area contributed by atoms with Crippen LogP contribution in [-0.2, 0) is 0 Å². The molecule has 12 aromatic carbocycles. The normalized spacial score (nSPS) is 13.6. The molecule has 1 atom stereocenters. The molecular weight excluding hydrogens is 989 g/mol. The van der Waals surface area contributed by atoms with Gasteiger partial charge in [-0.05, 0) is 111 Å². The fourth-order valence-electron chi connectivity index (χ4n) is 12.5. The molecule has 0 saturated carbocycles. The summed E-state index contributed by atoms with van der Waals surface area (Å²) in [5, 5.41) is 6.64. The topological polar surface area (TPSA) is 42.0 Å². The van der Waals surface area contributed by atoms with Crippen molar-refractivity contribution in [3.05, 3.63) is 291 Å². The van der Waals surface area contributed by atoms with E-state index in [0.717, 1.165) is 140 Å². The van der Waals surface area contributed by atoms with Crippen LogP contribution in [-0.4, -0.2) is 6.04 Å². The number of para-hydroxylation sites is 5. The maximum atomic E-state index is 7.49. The molecule has 2 aliphatic rings. The SMILES string of the molecule is C1=CC(N(c2ccc(-c3cccc4c3oc3ccccc34)cc2)c2cccc3c2Oc2cc(N(c4ccc(-c5ccccc5)cc4)c4ccc(-c5cccc6c5oc5ccccc56)cc4)cc4cccc-3c24)CC=C1c1ccccc1. The van der Waals surface area contributed by atoms with Crippen LogP contribution < -0.4 is 14.5 Å². The van der Waals surface area contributed by atoms with E-state index < -0.39 is 0 Å². The zero-order valence-corrected chi connectivity index (χ0v) is 44.0. The summed E-state index contributed by atoms with van der Waals surface area (Å²) in [6, 6.07) is 95.1. The lowest BCUT2D eigenvalue weighted by atomic mass is 9.92. The highest BCUT2D eigenvalue weighted by Crippen LogP contribution is 2.54. The minimum Gasteiger partial charge on any atom is -0.455 e. The maximum Gasteiger partial charge on any atom is 0.158 e. The fraction of sp³-hybridized carbons (Fsp3) is 0.0263. The van der Waals surface area contributed by atoms with Gasteiger partial charge in [0, 0.05) is 66.8 Å². The van der Waals surface area contributed by atoms with Crippen LogP contribution in [0.2, 0.25) is 0 Å². The van der Waals surface area contributed by atoms with Gasteiger partial charge in [-0.2, -0.15) is 0 Å². The predicted molar refractivity (Wildman–Crippen MR) is 336 cm³/mol. The molecule has 0 amide bonds. The van der Waals surface area contributed by atoms with Crippen LogP contribution in [0, 0.1) is 0 Å². The zero-order valence-electron chi connectivity index (χ0n) is 44.0. The van der Waals surface area contributed by atoms with Crippen molar-refractivity contribution in [3.63, 3.8) is 0 Å². The third-order valence-corrected chi connectivity index (χ3v) is 16.4. The van der Waals surface area contributed by atoms with E-state index in [1.165, 1.54) is 16.7 Å². The predicted octanol–water partition coefficient (Wildman–Crippen LogP) is 21.4. The second-order valence-electron chi connectivity index (χ2n) is 21.1. The largest absolute Gasteiger partial charge is 0.455 e. The molecule has 3 heterocycles. The monoisotopic (exact) mass is 1040 g/mol. The van der Waals surface area contributed by atoms with Gasteiger partial charge in [0.2, 0.25) is 0 Å². The summed E-state index contributed by atoms with van der Waals surface area (Å²) in [5.74, 6) is 1.62. The van der Waals surface area contributed by atoms with Gasteiger partial charge < -0.3 is 23.4 Å². The van der Waals surface area contributed by atoms with Gasteiger partial charge in [-0.1, -0.05) is 218 Å². The molecular formula is C76H50N2O3. The van der Waals surface area contributed by atoms with Crippen LogP contribution in [0.3, 0.4) is 0 Å². The Morgan fingerprint density at radius 3 is 1.49 bits per heavy atom. The van der Waals surface area contributed by atoms with Gasteiger partial charge in [0.25, 0.3) is 0 Å². The van der Waals surface area contributed by atoms with Gasteiger partial charge in [-0.15, -0.1) is 0 Å². The summed E-state index contributed by atoms with van der Waals surface area (Å²) in [5.41, 5.74) is 19.9. The Labute approximate surface area is 468 Å². The van der Waals surface area contributed by atoms with E-state index >= 15 is 0 Å². The quantitative estimate of drug-likeness (QED) is 0.137. The average Bonchev–Trinajstić information content (AvgIpc) is 4.20. The minimum atomic E-state index is -0.0168. The van der Waals surface area contributed by atoms with Crippen molar-refractivity contribution >= 4 is 88.7 Å². The average molecular weight is 1040 g/mol. The molecule has 0 fully saturated rings. The number of hydrogen-bond acceptors (Lipinski definition) is 5. The summed E-state index contributed by atoms with van der Waals surface area (Å²) in [6.07, 6.45) is 7.79. The number of allylic oxidation sites excluding steroid dienone is 2. The molecule has 1 aliphatic carbocycles. The summed E-state index contributed by atoms with van der Waals surface area (Å²) in [6.45, 7) is 0. The number of anilines is 5. The van der Waals surface area contributed by atoms with E-state index in [1.54, 1.807) is 0 Å². The Bertz CT molecular complexity index is 4800. The summed E-state index contributed by atoms with van der Waals surface area (Å²) in [7, 11) is 0. The maximum absolute atomic E-state index is 7.49. The molecule has 5 heteroatoms. The molecule has 1 aliphatic heterocycles. The summed E-state index contributed by atoms with van der Waals surface area (Å²) < 4.78 is 20.5. The van der Waals surface area contributed by atoms with Crippen LogP contribution in [0.1, 0.15) is 12.0 Å². The third kappa shape index (κ3) is 7.92. The molecule has 0 radical (unpaired) electrons. The van der Waals surface area contributed by atoms with Gasteiger partial charge in [0.05, 0.1) is 17.4 Å². The van der Waals surface area contributed by atoms with Crippen LogP contribution in [0.4, 0.5) is 28.4 Å². The van der Waals surface area contributed by atoms with Crippen molar-refractivity contribution in [1.29, 1.82) is 0 Å². The number of nitrogens with zero attached hydrogens (tertiary/aromatic N) is 2. The van der Waals surface area contributed by atoms with E-state index in [9.17, 15) is 0 Å². The number of fused-ring (bicyclic) bond motifs is 8. The van der Waals surface area contributed by atoms with E-state index in [-0.39, 0.29) is 6.04 Å². The van der Waals surface area contributed by atoms with Crippen molar-refractivity contribution in [3.8, 4) is 56.0 Å². The van der Waals surface area contributed by atoms with Crippen molar-refractivity contribution in [2.45, 2.75) is 12.5 Å². The molecule has 0 bridgehead atoms. The van der Waals surface area contributed by atoms with Gasteiger partial charge >= 0.3 is 0 Å². The Hall–Kier alpha value is -10.6. The Kier molecular flexibility index (Phi) is 10.9. The Morgan fingerprint density at radius 1 is 0.370 bits per heavy atom. The van der Waals surface area contributed by atoms with E-state index in [2.05, 4.69) is 271 Å². The van der Waals surface area contributed by atoms with E-state index in [4.69, 9.17) is 13.6 Å². The zero-order chi connectivity index (χ0) is 53.4. The lowest BCUT2D eigenvalue weighted by Crippen LogP contribution is -2.30. The first kappa shape index (κ1) is 46.5. The van der Waals surface area contributed by atoms with Crippen LogP contribution in [0.25, 0.3) is 105 Å². The van der Waals surface area contributed by atoms with Gasteiger partial charge in [-0.25, -0.2) is 0 Å². The third-order valence-electron chi connectivity index (χ3n) is 16.4. The molecule has 0 spiro atoms. The highest BCUT2D eigenvalue weighted by Gasteiger charge is 2.30. The first-order valence-electron chi connectivity index (χ1n) is 27.7. The first-order chi connectivity index (χ1) is 40.1. The molecule has 14 aromatic rings. The molecule has 382 valence electrons. The smallest absolute Gasteiger partial charge is 0.158 e. The van der Waals surface area contributed by atoms with Gasteiger partial charge in [0.15, 0.2) is 5.75 Å². The second-order valence-corrected chi connectivity index (χ2v) is 21.1. The molecule has 1 unspecified atom stereocenters. The lowest BCUT2D eigenvalue weighted by Gasteiger charge is -2.36. The van der Waals surface area contributed by atoms with Gasteiger partial charge in [0.1, 0.15) is 28.1 Å². The number of rotatable bonds is 10. The Balaban J connectivity index is 0.813. The number of ether oxygens (including phenoxy) is 1. The molecule has 0 saturated heterocycles. The van der Waals surface area contributed by atoms with Crippen LogP contribution in [0.5, 0.6) is 11.5 Å². The number of benzene rings is 12. The molecule has 5 nitrogen and oxygen atoms in total. The highest BCUT2D eigenvalue weighted by molar-refractivity contribution is 6.11. The van der Waals surface area contributed by atoms with Crippen LogP contribution in [0.15, 0.2) is 294 Å². The minimum absolute atomic E-state index is 0.0168. The standard InChI is InChI=1S/C76H50N2O3/c1-3-15-49(16-4-1)51-31-39-56(40-32-51)77(57-43-35-53(36-44-57)61-22-12-25-66-63-20-7-9-29-70(63)79-74(61)66)60-47-55-19-11-24-65-68-27-14-28-69(76(68)81-72(48-60)73(55)65)78(58-41-33-52(34-42-58)50-17-5-2-6-18-50)59-45-37-54(38-46-59)62-23-13-26-67-64-21-8-10-30-71(64)80-75(62)67/h1-41,43-48,58H,42H2. The van der Waals surface area contributed by atoms with Crippen molar-refractivity contribution in [2.75, 3.05) is 9.80 Å². The van der Waals surface area contributed by atoms with Crippen LogP contribution >= 0.6 is 0 Å². The van der Waals surface area contributed by atoms with Crippen molar-refractivity contribution in [2.24, 2.45) is 0 Å². The second kappa shape index (κ2) is 19.1. The number of furan rings is 2. The highest BCUT2D eigenvalue weighted by atomic mass is 16.5. The Morgan fingerprint density at radius 2 is 0.877 bits per heavy atom. The lowest BCUT2D eigenvalue weighted by molar-refractivity contribution is 0.486. The molecule has 16 rings (SSSR count). The van der Waals surface area contributed by atoms with E-state index in [1.807, 2.05) is 24.3 Å². The molecule has 0 N–H and O–H groups in total. The van der Waals surface area contributed by atoms with Gasteiger partial charge in [-0.3, -0.25) is 0 Å². The molecule has 2 aromatic heterocycles. The van der Waals surface area contributed by atoms with E-state index in [0.29, 0.717) is 0 Å². The summed E-state index contributed by atoms with van der Waals surface area (Å²) >= 11 is 0. The first-order valence-corrected chi connectivity index (χ1v) is 27.7. The van der Waals surface area contributed by atoms with Crippen molar-refractivity contribution in [1.82, 2.24) is 0 Å².